The van der Waals surface area contributed by atoms with Gasteiger partial charge in [-0.2, -0.15) is 4.80 Å². The van der Waals surface area contributed by atoms with E-state index in [0.717, 1.165) is 5.56 Å². The van der Waals surface area contributed by atoms with Gasteiger partial charge in [0.1, 0.15) is 0 Å². The third kappa shape index (κ3) is 2.57. The van der Waals surface area contributed by atoms with E-state index < -0.39 is 0 Å². The number of nitrogens with two attached hydrogens (primary N) is 1. The molecule has 0 aliphatic heterocycles. The fraction of sp³-hybridized carbons (Fsp3) is 0.200. The van der Waals surface area contributed by atoms with Crippen LogP contribution in [0.25, 0.3) is 11.4 Å². The summed E-state index contributed by atoms with van der Waals surface area (Å²) in [5, 5.41) is 22.3. The number of hydrogen-bond acceptors (Lipinski definition) is 4. The molecule has 1 aromatic heterocycles. The van der Waals surface area contributed by atoms with Gasteiger partial charge in [0.25, 0.3) is 0 Å². The Kier molecular flexibility index (Phi) is 2.99. The smallest absolute Gasteiger partial charge is 0.302 e. The Hall–Kier alpha value is -2.44. The number of nitrogens with zero attached hydrogens (tertiary/aromatic N) is 4. The van der Waals surface area contributed by atoms with Crippen LogP contribution in [0.1, 0.15) is 5.56 Å². The number of benzene rings is 1. The van der Waals surface area contributed by atoms with E-state index in [1.807, 2.05) is 36.3 Å². The molecule has 0 radical (unpaired) electrons. The van der Waals surface area contributed by atoms with Gasteiger partial charge in [-0.05, 0) is 12.1 Å². The number of amidine groups is 1. The van der Waals surface area contributed by atoms with Gasteiger partial charge in [0.2, 0.25) is 5.82 Å². The number of tetrazole rings is 1. The summed E-state index contributed by atoms with van der Waals surface area (Å²) in [6.07, 6.45) is 0. The average Bonchev–Trinajstić information content (AvgIpc) is 2.78. The van der Waals surface area contributed by atoms with E-state index in [2.05, 4.69) is 15.4 Å². The van der Waals surface area contributed by atoms with Gasteiger partial charge in [-0.3, -0.25) is 5.73 Å². The minimum absolute atomic E-state index is 0.151. The first-order valence-electron chi connectivity index (χ1n) is 5.05. The molecule has 0 unspecified atom stereocenters. The zero-order valence-corrected chi connectivity index (χ0v) is 9.33. The molecular weight excluding hydrogens is 220 g/mol. The van der Waals surface area contributed by atoms with Crippen molar-refractivity contribution in [2.45, 2.75) is 13.5 Å². The van der Waals surface area contributed by atoms with Crippen LogP contribution in [0.5, 0.6) is 0 Å². The van der Waals surface area contributed by atoms with Crippen molar-refractivity contribution in [3.8, 4) is 11.4 Å². The Balaban J connectivity index is 2.21. The van der Waals surface area contributed by atoms with Gasteiger partial charge < -0.3 is 5.21 Å². The van der Waals surface area contributed by atoms with Crippen molar-refractivity contribution >= 4 is 5.84 Å². The maximum atomic E-state index is 8.55. The predicted octanol–water partition coefficient (Wildman–Crippen LogP) is -1.52. The molecule has 0 atom stereocenters. The minimum Gasteiger partial charge on any atom is -0.357 e. The zero-order valence-electron chi connectivity index (χ0n) is 9.33. The van der Waals surface area contributed by atoms with Gasteiger partial charge >= 0.3 is 5.84 Å². The Labute approximate surface area is 97.6 Å². The summed E-state index contributed by atoms with van der Waals surface area (Å²) >= 11 is 0. The fourth-order valence-corrected chi connectivity index (χ4v) is 1.32. The SMILES string of the molecule is Cc1ccc(-c2nnn(CC(N)=[NH+]O)n2)cc1. The molecule has 2 aromatic rings. The normalized spacial score (nSPS) is 11.7. The molecule has 4 N–H and O–H groups in total. The predicted molar refractivity (Wildman–Crippen MR) is 59.9 cm³/mol. The number of hydrogen-bond donors (Lipinski definition) is 3. The molecule has 7 heteroatoms. The summed E-state index contributed by atoms with van der Waals surface area (Å²) in [6, 6.07) is 7.81. The highest BCUT2D eigenvalue weighted by molar-refractivity contribution is 5.73. The maximum Gasteiger partial charge on any atom is 0.302 e. The van der Waals surface area contributed by atoms with Crippen molar-refractivity contribution in [3.05, 3.63) is 29.8 Å². The van der Waals surface area contributed by atoms with Gasteiger partial charge in [0, 0.05) is 5.56 Å². The lowest BCUT2D eigenvalue weighted by Crippen LogP contribution is -2.72. The van der Waals surface area contributed by atoms with Crippen LogP contribution < -0.4 is 10.9 Å². The summed E-state index contributed by atoms with van der Waals surface area (Å²) in [5.41, 5.74) is 7.46. The Bertz CT molecular complexity index is 530. The number of aryl methyl sites for hydroxylation is 1. The quantitative estimate of drug-likeness (QED) is 0.258. The molecule has 0 fully saturated rings. The summed E-state index contributed by atoms with van der Waals surface area (Å²) in [7, 11) is 0. The highest BCUT2D eigenvalue weighted by Crippen LogP contribution is 2.13. The Morgan fingerprint density at radius 1 is 1.41 bits per heavy atom. The lowest BCUT2D eigenvalue weighted by atomic mass is 10.1. The second-order valence-electron chi connectivity index (χ2n) is 3.65. The molecule has 17 heavy (non-hydrogen) atoms. The van der Waals surface area contributed by atoms with E-state index in [1.165, 1.54) is 10.4 Å². The van der Waals surface area contributed by atoms with Crippen molar-refractivity contribution in [2.24, 2.45) is 5.73 Å². The molecule has 2 rings (SSSR count). The van der Waals surface area contributed by atoms with Crippen LogP contribution in [0, 0.1) is 6.92 Å². The topological polar surface area (TPSA) is 104 Å². The summed E-state index contributed by atoms with van der Waals surface area (Å²) in [5.74, 6) is 0.675. The van der Waals surface area contributed by atoms with Gasteiger partial charge in [0.15, 0.2) is 6.54 Å². The fourth-order valence-electron chi connectivity index (χ4n) is 1.32. The maximum absolute atomic E-state index is 8.55. The summed E-state index contributed by atoms with van der Waals surface area (Å²) < 4.78 is 0. The van der Waals surface area contributed by atoms with Gasteiger partial charge in [0.05, 0.1) is 0 Å². The first-order valence-corrected chi connectivity index (χ1v) is 5.05. The largest absolute Gasteiger partial charge is 0.357 e. The van der Waals surface area contributed by atoms with Crippen LogP contribution in [0.3, 0.4) is 0 Å². The van der Waals surface area contributed by atoms with Gasteiger partial charge in [-0.25, -0.2) is 0 Å². The minimum atomic E-state index is 0.151. The van der Waals surface area contributed by atoms with E-state index in [1.54, 1.807) is 0 Å². The second-order valence-corrected chi connectivity index (χ2v) is 3.65. The molecule has 0 aliphatic carbocycles. The number of nitrogens with one attached hydrogen (secondary N) is 1. The van der Waals surface area contributed by atoms with E-state index in [0.29, 0.717) is 5.82 Å². The molecule has 0 spiro atoms. The third-order valence-electron chi connectivity index (χ3n) is 2.22. The van der Waals surface area contributed by atoms with Crippen LogP contribution in [-0.4, -0.2) is 31.3 Å². The number of aromatic nitrogens is 4. The lowest BCUT2D eigenvalue weighted by Gasteiger charge is -1.95. The van der Waals surface area contributed by atoms with E-state index in [4.69, 9.17) is 10.9 Å². The standard InChI is InChI=1S/C10H12N6O/c1-7-2-4-8(5-3-7)10-12-15-16(13-10)6-9(11)14-17/h2-5,17H,6H2,1H3,(H2,11,14)/p+1. The second kappa shape index (κ2) is 4.60. The van der Waals surface area contributed by atoms with E-state index >= 15 is 0 Å². The average molecular weight is 233 g/mol. The highest BCUT2D eigenvalue weighted by atomic mass is 16.4. The highest BCUT2D eigenvalue weighted by Gasteiger charge is 2.08. The molecule has 1 heterocycles. The van der Waals surface area contributed by atoms with Crippen LogP contribution in [0.2, 0.25) is 0 Å². The molecule has 88 valence electrons. The molecule has 0 saturated heterocycles. The van der Waals surface area contributed by atoms with Crippen molar-refractivity contribution in [1.29, 1.82) is 0 Å². The van der Waals surface area contributed by atoms with Crippen LogP contribution in [-0.2, 0) is 6.54 Å². The molecule has 0 aliphatic rings. The van der Waals surface area contributed by atoms with Gasteiger partial charge in [-0.15, -0.1) is 10.2 Å². The molecule has 0 amide bonds. The van der Waals surface area contributed by atoms with E-state index in [-0.39, 0.29) is 12.4 Å². The summed E-state index contributed by atoms with van der Waals surface area (Å²) in [4.78, 5) is 1.30. The Morgan fingerprint density at radius 3 is 2.76 bits per heavy atom. The molecular formula is C10H13N6O+. The monoisotopic (exact) mass is 233 g/mol. The van der Waals surface area contributed by atoms with Gasteiger partial charge in [-0.1, -0.05) is 35.0 Å². The molecule has 1 aromatic carbocycles. The molecule has 0 saturated carbocycles. The summed E-state index contributed by atoms with van der Waals surface area (Å²) in [6.45, 7) is 2.17. The van der Waals surface area contributed by atoms with Crippen molar-refractivity contribution in [2.75, 3.05) is 0 Å². The molecule has 7 nitrogen and oxygen atoms in total. The van der Waals surface area contributed by atoms with Crippen molar-refractivity contribution in [3.63, 3.8) is 0 Å². The van der Waals surface area contributed by atoms with Crippen molar-refractivity contribution in [1.82, 2.24) is 20.2 Å². The first-order chi connectivity index (χ1) is 8.19. The van der Waals surface area contributed by atoms with Crippen LogP contribution >= 0.6 is 0 Å². The van der Waals surface area contributed by atoms with Crippen LogP contribution in [0.15, 0.2) is 24.3 Å². The van der Waals surface area contributed by atoms with Crippen molar-refractivity contribution < 1.29 is 10.4 Å². The lowest BCUT2D eigenvalue weighted by molar-refractivity contribution is -0.739. The zero-order chi connectivity index (χ0) is 12.3. The third-order valence-corrected chi connectivity index (χ3v) is 2.22. The molecule has 0 bridgehead atoms. The Morgan fingerprint density at radius 2 is 2.12 bits per heavy atom. The number of rotatable bonds is 3. The van der Waals surface area contributed by atoms with E-state index in [9.17, 15) is 0 Å². The first kappa shape index (κ1) is 11.1. The van der Waals surface area contributed by atoms with Crippen LogP contribution in [0.4, 0.5) is 0 Å².